The van der Waals surface area contributed by atoms with E-state index >= 15 is 0 Å². The van der Waals surface area contributed by atoms with Crippen LogP contribution in [0.1, 0.15) is 12.5 Å². The first-order valence-corrected chi connectivity index (χ1v) is 5.59. The van der Waals surface area contributed by atoms with E-state index in [2.05, 4.69) is 0 Å². The Hall–Kier alpha value is -2.62. The van der Waals surface area contributed by atoms with Crippen LogP contribution in [0.3, 0.4) is 0 Å². The average molecular weight is 258 g/mol. The summed E-state index contributed by atoms with van der Waals surface area (Å²) in [6.45, 7) is 1.62. The van der Waals surface area contributed by atoms with Gasteiger partial charge in [-0.2, -0.15) is 0 Å². The summed E-state index contributed by atoms with van der Waals surface area (Å²) in [4.78, 5) is 21.4. The Kier molecular flexibility index (Phi) is 5.29. The van der Waals surface area contributed by atoms with Crippen molar-refractivity contribution in [2.75, 3.05) is 0 Å². The molecule has 0 heterocycles. The third kappa shape index (κ3) is 5.04. The van der Waals surface area contributed by atoms with E-state index in [0.717, 1.165) is 17.7 Å². The lowest BCUT2D eigenvalue weighted by Gasteiger charge is -1.99. The highest BCUT2D eigenvalue weighted by atomic mass is 16.4. The van der Waals surface area contributed by atoms with Gasteiger partial charge in [0.25, 0.3) is 0 Å². The Morgan fingerprint density at radius 2 is 1.63 bits per heavy atom. The van der Waals surface area contributed by atoms with Crippen molar-refractivity contribution in [1.29, 1.82) is 0 Å². The lowest BCUT2D eigenvalue weighted by atomic mass is 10.1. The number of allylic oxidation sites excluding steroid dienone is 2. The van der Waals surface area contributed by atoms with Crippen LogP contribution in [0.5, 0.6) is 0 Å². The van der Waals surface area contributed by atoms with Crippen molar-refractivity contribution in [2.24, 2.45) is 0 Å². The maximum Gasteiger partial charge on any atom is 0.335 e. The third-order valence-corrected chi connectivity index (χ3v) is 2.37. The van der Waals surface area contributed by atoms with Gasteiger partial charge in [-0.25, -0.2) is 9.59 Å². The van der Waals surface area contributed by atoms with Crippen molar-refractivity contribution < 1.29 is 19.8 Å². The lowest BCUT2D eigenvalue weighted by Crippen LogP contribution is -2.01. The average Bonchev–Trinajstić information content (AvgIpc) is 2.37. The van der Waals surface area contributed by atoms with Crippen LogP contribution in [0.2, 0.25) is 0 Å². The second-order valence-electron chi connectivity index (χ2n) is 3.82. The fraction of sp³-hybridized carbons (Fsp3) is 0.0667. The first kappa shape index (κ1) is 14.4. The van der Waals surface area contributed by atoms with Gasteiger partial charge >= 0.3 is 11.9 Å². The van der Waals surface area contributed by atoms with E-state index in [0.29, 0.717) is 5.57 Å². The van der Waals surface area contributed by atoms with Gasteiger partial charge in [0.05, 0.1) is 5.57 Å². The molecule has 0 aliphatic carbocycles. The normalized spacial score (nSPS) is 12.7. The molecule has 0 aliphatic heterocycles. The van der Waals surface area contributed by atoms with E-state index in [4.69, 9.17) is 10.2 Å². The molecular formula is C15H14O4. The molecule has 0 bridgehead atoms. The van der Waals surface area contributed by atoms with E-state index < -0.39 is 11.9 Å². The zero-order chi connectivity index (χ0) is 14.3. The molecule has 4 nitrogen and oxygen atoms in total. The van der Waals surface area contributed by atoms with Gasteiger partial charge < -0.3 is 10.2 Å². The van der Waals surface area contributed by atoms with Gasteiger partial charge in [0.15, 0.2) is 0 Å². The molecule has 0 atom stereocenters. The number of hydrogen-bond acceptors (Lipinski definition) is 2. The maximum atomic E-state index is 11.0. The molecule has 0 aromatic heterocycles. The second-order valence-corrected chi connectivity index (χ2v) is 3.82. The highest BCUT2D eigenvalue weighted by Gasteiger charge is 2.06. The van der Waals surface area contributed by atoms with Crippen molar-refractivity contribution in [3.8, 4) is 0 Å². The Balaban J connectivity index is 3.00. The molecule has 0 amide bonds. The summed E-state index contributed by atoms with van der Waals surface area (Å²) < 4.78 is 0. The van der Waals surface area contributed by atoms with Gasteiger partial charge in [-0.05, 0) is 24.1 Å². The molecule has 4 heteroatoms. The van der Waals surface area contributed by atoms with Crippen LogP contribution in [0.15, 0.2) is 59.7 Å². The molecule has 0 saturated carbocycles. The van der Waals surface area contributed by atoms with Gasteiger partial charge in [-0.3, -0.25) is 0 Å². The number of aliphatic carboxylic acids is 2. The predicted molar refractivity (Wildman–Crippen MR) is 72.6 cm³/mol. The van der Waals surface area contributed by atoms with Gasteiger partial charge in [-0.15, -0.1) is 0 Å². The Bertz CT molecular complexity index is 551. The minimum atomic E-state index is -1.18. The van der Waals surface area contributed by atoms with Crippen LogP contribution in [0.25, 0.3) is 6.08 Å². The molecule has 0 radical (unpaired) electrons. The fourth-order valence-electron chi connectivity index (χ4n) is 1.40. The Labute approximate surface area is 111 Å². The first-order valence-electron chi connectivity index (χ1n) is 5.59. The fourth-order valence-corrected chi connectivity index (χ4v) is 1.40. The molecule has 1 rings (SSSR count). The van der Waals surface area contributed by atoms with Crippen LogP contribution in [0.4, 0.5) is 0 Å². The second kappa shape index (κ2) is 6.96. The number of carboxylic acids is 2. The molecule has 98 valence electrons. The number of carbonyl (C=O) groups is 2. The molecule has 0 saturated heterocycles. The van der Waals surface area contributed by atoms with Crippen molar-refractivity contribution >= 4 is 18.0 Å². The van der Waals surface area contributed by atoms with Crippen LogP contribution in [-0.2, 0) is 9.59 Å². The van der Waals surface area contributed by atoms with Gasteiger partial charge in [-0.1, -0.05) is 42.5 Å². The third-order valence-electron chi connectivity index (χ3n) is 2.37. The number of hydrogen-bond donors (Lipinski definition) is 2. The van der Waals surface area contributed by atoms with Crippen LogP contribution in [-0.4, -0.2) is 22.2 Å². The molecule has 2 N–H and O–H groups in total. The Morgan fingerprint density at radius 3 is 2.16 bits per heavy atom. The summed E-state index contributed by atoms with van der Waals surface area (Å²) in [5, 5.41) is 17.5. The van der Waals surface area contributed by atoms with E-state index in [-0.39, 0.29) is 5.57 Å². The first-order chi connectivity index (χ1) is 9.00. The van der Waals surface area contributed by atoms with Crippen molar-refractivity contribution in [2.45, 2.75) is 6.92 Å². The van der Waals surface area contributed by atoms with Crippen molar-refractivity contribution in [3.05, 3.63) is 65.3 Å². The molecule has 1 aromatic rings. The van der Waals surface area contributed by atoms with Gasteiger partial charge in [0.2, 0.25) is 0 Å². The standard InChI is InChI=1S/C15H14O4/c1-11(7-8-12-5-3-2-4-6-12)13(15(18)19)9-10-14(16)17/h2-10H,1H3,(H,16,17)(H,18,19). The summed E-state index contributed by atoms with van der Waals surface area (Å²) >= 11 is 0. The Morgan fingerprint density at radius 1 is 1.00 bits per heavy atom. The zero-order valence-electron chi connectivity index (χ0n) is 10.4. The molecule has 1 aromatic carbocycles. The minimum absolute atomic E-state index is 0.0467. The van der Waals surface area contributed by atoms with E-state index in [1.54, 1.807) is 19.1 Å². The highest BCUT2D eigenvalue weighted by Crippen LogP contribution is 2.11. The number of carboxylic acid groups (broad SMARTS) is 2. The highest BCUT2D eigenvalue weighted by molar-refractivity contribution is 5.93. The summed E-state index contributed by atoms with van der Waals surface area (Å²) in [5.41, 5.74) is 1.37. The molecule has 19 heavy (non-hydrogen) atoms. The number of benzene rings is 1. The maximum absolute atomic E-state index is 11.0. The number of rotatable bonds is 5. The van der Waals surface area contributed by atoms with E-state index in [1.807, 2.05) is 30.3 Å². The van der Waals surface area contributed by atoms with Crippen molar-refractivity contribution in [1.82, 2.24) is 0 Å². The van der Waals surface area contributed by atoms with Crippen LogP contribution < -0.4 is 0 Å². The van der Waals surface area contributed by atoms with Gasteiger partial charge in [0.1, 0.15) is 0 Å². The molecule has 0 aliphatic rings. The predicted octanol–water partition coefficient (Wildman–Crippen LogP) is 2.74. The van der Waals surface area contributed by atoms with Crippen LogP contribution in [0, 0.1) is 0 Å². The quantitative estimate of drug-likeness (QED) is 0.629. The SMILES string of the molecule is CC(C=Cc1ccccc1)=C(C=CC(=O)O)C(=O)O. The summed E-state index contributed by atoms with van der Waals surface area (Å²) in [6, 6.07) is 9.41. The van der Waals surface area contributed by atoms with Gasteiger partial charge in [0, 0.05) is 6.08 Å². The smallest absolute Gasteiger partial charge is 0.335 e. The molecule has 0 unspecified atom stereocenters. The monoisotopic (exact) mass is 258 g/mol. The van der Waals surface area contributed by atoms with E-state index in [1.165, 1.54) is 0 Å². The summed E-state index contributed by atoms with van der Waals surface area (Å²) in [7, 11) is 0. The zero-order valence-corrected chi connectivity index (χ0v) is 10.4. The topological polar surface area (TPSA) is 74.6 Å². The molecule has 0 spiro atoms. The largest absolute Gasteiger partial charge is 0.478 e. The summed E-state index contributed by atoms with van der Waals surface area (Å²) in [6.07, 6.45) is 5.30. The van der Waals surface area contributed by atoms with E-state index in [9.17, 15) is 9.59 Å². The van der Waals surface area contributed by atoms with Crippen LogP contribution >= 0.6 is 0 Å². The van der Waals surface area contributed by atoms with Crippen molar-refractivity contribution in [3.63, 3.8) is 0 Å². The lowest BCUT2D eigenvalue weighted by molar-refractivity contribution is -0.132. The minimum Gasteiger partial charge on any atom is -0.478 e. The molecular weight excluding hydrogens is 244 g/mol. The molecule has 0 fully saturated rings. The summed E-state index contributed by atoms with van der Waals surface area (Å²) in [5.74, 6) is -2.34.